The van der Waals surface area contributed by atoms with Crippen LogP contribution in [-0.4, -0.2) is 31.6 Å². The molecule has 3 rings (SSSR count). The molecule has 0 fully saturated rings. The Balaban J connectivity index is 1.56. The van der Waals surface area contributed by atoms with Crippen LogP contribution in [-0.2, 0) is 0 Å². The van der Waals surface area contributed by atoms with Crippen molar-refractivity contribution in [3.05, 3.63) is 33.3 Å². The second kappa shape index (κ2) is 6.41. The molecule has 0 spiro atoms. The summed E-state index contributed by atoms with van der Waals surface area (Å²) in [7, 11) is 0. The number of aromatic nitrogens is 3. The first kappa shape index (κ1) is 14.3. The van der Waals surface area contributed by atoms with Crippen molar-refractivity contribution in [2.75, 3.05) is 17.6 Å². The first-order valence-corrected chi connectivity index (χ1v) is 8.86. The highest BCUT2D eigenvalue weighted by Gasteiger charge is 2.22. The van der Waals surface area contributed by atoms with Gasteiger partial charge in [-0.1, -0.05) is 23.1 Å². The quantitative estimate of drug-likeness (QED) is 0.307. The summed E-state index contributed by atoms with van der Waals surface area (Å²) in [5, 5.41) is 17.9. The largest absolute Gasteiger partial charge is 0.372 e. The van der Waals surface area contributed by atoms with E-state index >= 15 is 0 Å². The number of fused-ring (bicyclic) bond motifs is 1. The third kappa shape index (κ3) is 3.17. The van der Waals surface area contributed by atoms with Crippen LogP contribution in [0.3, 0.4) is 0 Å². The lowest BCUT2D eigenvalue weighted by atomic mass is 10.4. The average Bonchev–Trinajstić information content (AvgIpc) is 3.13. The van der Waals surface area contributed by atoms with Gasteiger partial charge in [0.1, 0.15) is 10.5 Å². The van der Waals surface area contributed by atoms with Crippen LogP contribution in [0.4, 0.5) is 11.6 Å². The Morgan fingerprint density at radius 1 is 1.43 bits per heavy atom. The van der Waals surface area contributed by atoms with Crippen LogP contribution < -0.4 is 5.32 Å². The fraction of sp³-hybridized carbons (Fsp3) is 0.273. The summed E-state index contributed by atoms with van der Waals surface area (Å²) in [6.45, 7) is 0.643. The average molecular weight is 341 g/mol. The Kier molecular flexibility index (Phi) is 4.36. The zero-order valence-electron chi connectivity index (χ0n) is 10.8. The van der Waals surface area contributed by atoms with Crippen molar-refractivity contribution >= 4 is 51.0 Å². The Labute approximate surface area is 132 Å². The Morgan fingerprint density at radius 3 is 3.10 bits per heavy atom. The molecule has 21 heavy (non-hydrogen) atoms. The molecule has 0 aromatic carbocycles. The van der Waals surface area contributed by atoms with Crippen molar-refractivity contribution in [3.8, 4) is 0 Å². The molecule has 3 heterocycles. The second-order valence-electron chi connectivity index (χ2n) is 4.02. The molecule has 110 valence electrons. The van der Waals surface area contributed by atoms with E-state index in [0.29, 0.717) is 17.3 Å². The summed E-state index contributed by atoms with van der Waals surface area (Å²) in [5.41, 5.74) is 0. The van der Waals surface area contributed by atoms with E-state index in [0.717, 1.165) is 16.5 Å². The van der Waals surface area contributed by atoms with E-state index in [-0.39, 0.29) is 5.82 Å². The summed E-state index contributed by atoms with van der Waals surface area (Å²) in [4.78, 5) is 19.8. The van der Waals surface area contributed by atoms with Crippen molar-refractivity contribution in [1.82, 2.24) is 14.4 Å². The van der Waals surface area contributed by atoms with Gasteiger partial charge in [0.2, 0.25) is 5.82 Å². The van der Waals surface area contributed by atoms with E-state index in [1.807, 2.05) is 5.38 Å². The van der Waals surface area contributed by atoms with Gasteiger partial charge in [-0.05, 0) is 11.3 Å². The molecule has 0 bridgehead atoms. The van der Waals surface area contributed by atoms with Gasteiger partial charge in [-0.15, -0.1) is 11.3 Å². The van der Waals surface area contributed by atoms with Gasteiger partial charge in [-0.2, -0.15) is 9.38 Å². The minimum absolute atomic E-state index is 0.00109. The Morgan fingerprint density at radius 2 is 2.33 bits per heavy atom. The smallest absolute Gasteiger partial charge is 0.363 e. The zero-order chi connectivity index (χ0) is 14.7. The molecule has 0 aliphatic heterocycles. The lowest BCUT2D eigenvalue weighted by Gasteiger charge is -2.02. The maximum atomic E-state index is 11.1. The topological polar surface area (TPSA) is 85.4 Å². The van der Waals surface area contributed by atoms with Crippen molar-refractivity contribution < 1.29 is 4.92 Å². The SMILES string of the molecule is O=[N+]([O-])c1c(NCCCSc2nccs2)nc2sccn12. The normalized spacial score (nSPS) is 11.0. The van der Waals surface area contributed by atoms with E-state index < -0.39 is 4.92 Å². The maximum Gasteiger partial charge on any atom is 0.372 e. The Bertz CT molecular complexity index is 736. The van der Waals surface area contributed by atoms with Gasteiger partial charge in [0.05, 0.1) is 0 Å². The number of thiazole rings is 2. The van der Waals surface area contributed by atoms with Gasteiger partial charge in [-0.25, -0.2) is 4.98 Å². The number of nitrogens with zero attached hydrogens (tertiary/aromatic N) is 4. The molecular formula is C11H11N5O2S3. The predicted octanol–water partition coefficient (Wildman–Crippen LogP) is 3.35. The fourth-order valence-electron chi connectivity index (χ4n) is 1.79. The third-order valence-electron chi connectivity index (χ3n) is 2.66. The molecule has 0 aliphatic rings. The van der Waals surface area contributed by atoms with Gasteiger partial charge < -0.3 is 15.4 Å². The van der Waals surface area contributed by atoms with Gasteiger partial charge >= 0.3 is 5.82 Å². The van der Waals surface area contributed by atoms with E-state index in [1.165, 1.54) is 15.7 Å². The standard InChI is InChI=1S/C11H11N5O2S3/c17-16(18)9-8(14-10-15(9)4-7-19-10)12-2-1-5-20-11-13-3-6-21-11/h3-4,6-7,12H,1-2,5H2. The summed E-state index contributed by atoms with van der Waals surface area (Å²) in [6, 6.07) is 0. The number of anilines is 1. The van der Waals surface area contributed by atoms with E-state index in [9.17, 15) is 10.1 Å². The van der Waals surface area contributed by atoms with Crippen LogP contribution >= 0.6 is 34.4 Å². The molecule has 0 atom stereocenters. The van der Waals surface area contributed by atoms with Crippen LogP contribution in [0.5, 0.6) is 0 Å². The molecule has 1 N–H and O–H groups in total. The molecule has 7 nitrogen and oxygen atoms in total. The van der Waals surface area contributed by atoms with Crippen molar-refractivity contribution in [2.45, 2.75) is 10.8 Å². The summed E-state index contributed by atoms with van der Waals surface area (Å²) >= 11 is 4.68. The molecule has 0 saturated carbocycles. The minimum Gasteiger partial charge on any atom is -0.363 e. The zero-order valence-corrected chi connectivity index (χ0v) is 13.2. The van der Waals surface area contributed by atoms with Gasteiger partial charge in [-0.3, -0.25) is 0 Å². The van der Waals surface area contributed by atoms with Gasteiger partial charge in [0.25, 0.3) is 4.96 Å². The lowest BCUT2D eigenvalue weighted by molar-refractivity contribution is -0.389. The molecule has 0 unspecified atom stereocenters. The lowest BCUT2D eigenvalue weighted by Crippen LogP contribution is -2.05. The van der Waals surface area contributed by atoms with E-state index in [1.54, 1.807) is 40.9 Å². The molecule has 3 aromatic heterocycles. The summed E-state index contributed by atoms with van der Waals surface area (Å²) in [6.07, 6.45) is 4.33. The number of rotatable bonds is 7. The number of nitrogens with one attached hydrogen (secondary N) is 1. The Hall–Kier alpha value is -1.65. The van der Waals surface area contributed by atoms with Crippen LogP contribution in [0.25, 0.3) is 4.96 Å². The molecule has 0 radical (unpaired) electrons. The number of hydrogen-bond donors (Lipinski definition) is 1. The monoisotopic (exact) mass is 341 g/mol. The first-order chi connectivity index (χ1) is 10.3. The molecular weight excluding hydrogens is 330 g/mol. The highest BCUT2D eigenvalue weighted by molar-refractivity contribution is 8.00. The second-order valence-corrected chi connectivity index (χ2v) is 7.13. The molecule has 0 aliphatic carbocycles. The highest BCUT2D eigenvalue weighted by Crippen LogP contribution is 2.28. The van der Waals surface area contributed by atoms with Crippen LogP contribution in [0, 0.1) is 10.1 Å². The number of thioether (sulfide) groups is 1. The predicted molar refractivity (Wildman–Crippen MR) is 85.7 cm³/mol. The van der Waals surface area contributed by atoms with Crippen molar-refractivity contribution in [3.63, 3.8) is 0 Å². The fourth-order valence-corrected chi connectivity index (χ4v) is 4.14. The van der Waals surface area contributed by atoms with Crippen LogP contribution in [0.1, 0.15) is 6.42 Å². The van der Waals surface area contributed by atoms with Gasteiger partial charge in [0.15, 0.2) is 0 Å². The van der Waals surface area contributed by atoms with Gasteiger partial charge in [0, 0.05) is 29.3 Å². The minimum atomic E-state index is -0.403. The molecule has 10 heteroatoms. The summed E-state index contributed by atoms with van der Waals surface area (Å²) < 4.78 is 2.54. The molecule has 3 aromatic rings. The summed E-state index contributed by atoms with van der Waals surface area (Å²) in [5.74, 6) is 1.25. The van der Waals surface area contributed by atoms with Crippen LogP contribution in [0.15, 0.2) is 27.5 Å². The van der Waals surface area contributed by atoms with Crippen molar-refractivity contribution in [1.29, 1.82) is 0 Å². The molecule has 0 amide bonds. The van der Waals surface area contributed by atoms with Crippen LogP contribution in [0.2, 0.25) is 0 Å². The number of nitro groups is 1. The third-order valence-corrected chi connectivity index (χ3v) is 5.47. The van der Waals surface area contributed by atoms with Crippen molar-refractivity contribution in [2.24, 2.45) is 0 Å². The van der Waals surface area contributed by atoms with E-state index in [2.05, 4.69) is 15.3 Å². The highest BCUT2D eigenvalue weighted by atomic mass is 32.2. The number of imidazole rings is 1. The maximum absolute atomic E-state index is 11.1. The first-order valence-electron chi connectivity index (χ1n) is 6.12. The number of hydrogen-bond acceptors (Lipinski definition) is 8. The van der Waals surface area contributed by atoms with E-state index in [4.69, 9.17) is 0 Å². The molecule has 0 saturated heterocycles.